The fraction of sp³-hybridized carbons (Fsp3) is 0.200. The number of pyridine rings is 1. The Morgan fingerprint density at radius 1 is 1.04 bits per heavy atom. The molecule has 0 bridgehead atoms. The van der Waals surface area contributed by atoms with E-state index in [1.807, 2.05) is 34.9 Å². The molecular weight excluding hydrogens is 360 g/mol. The number of aromatic nitrogens is 3. The first-order valence-electron chi connectivity index (χ1n) is 8.62. The van der Waals surface area contributed by atoms with Gasteiger partial charge in [0.1, 0.15) is 17.1 Å². The number of imidazole rings is 1. The van der Waals surface area contributed by atoms with E-state index in [2.05, 4.69) is 15.3 Å². The second kappa shape index (κ2) is 7.51. The summed E-state index contributed by atoms with van der Waals surface area (Å²) in [5.41, 5.74) is 2.52. The summed E-state index contributed by atoms with van der Waals surface area (Å²) in [6, 6.07) is 9.39. The highest BCUT2D eigenvalue weighted by Crippen LogP contribution is 2.40. The van der Waals surface area contributed by atoms with Gasteiger partial charge in [-0.2, -0.15) is 0 Å². The molecule has 0 unspecified atom stereocenters. The van der Waals surface area contributed by atoms with Gasteiger partial charge in [-0.3, -0.25) is 0 Å². The molecule has 0 saturated heterocycles. The van der Waals surface area contributed by atoms with Crippen molar-refractivity contribution in [2.75, 3.05) is 26.6 Å². The molecule has 1 aromatic carbocycles. The summed E-state index contributed by atoms with van der Waals surface area (Å²) in [5, 5.41) is 3.28. The molecular formula is C20H20N4O4. The van der Waals surface area contributed by atoms with Gasteiger partial charge in [0.2, 0.25) is 5.75 Å². The zero-order chi connectivity index (χ0) is 19.5. The minimum absolute atomic E-state index is 0.537. The fourth-order valence-corrected chi connectivity index (χ4v) is 3.03. The fourth-order valence-electron chi connectivity index (χ4n) is 3.03. The number of benzene rings is 1. The van der Waals surface area contributed by atoms with Gasteiger partial charge in [-0.15, -0.1) is 0 Å². The number of nitrogens with zero attached hydrogens (tertiary/aromatic N) is 3. The van der Waals surface area contributed by atoms with Gasteiger partial charge in [-0.25, -0.2) is 9.97 Å². The van der Waals surface area contributed by atoms with Gasteiger partial charge in [-0.05, 0) is 12.1 Å². The predicted octanol–water partition coefficient (Wildman–Crippen LogP) is 3.84. The maximum Gasteiger partial charge on any atom is 0.203 e. The molecule has 0 saturated carbocycles. The molecule has 4 rings (SSSR count). The molecule has 144 valence electrons. The van der Waals surface area contributed by atoms with Crippen LogP contribution in [0.5, 0.6) is 17.2 Å². The van der Waals surface area contributed by atoms with E-state index in [1.165, 1.54) is 0 Å². The molecule has 0 aliphatic carbocycles. The van der Waals surface area contributed by atoms with E-state index >= 15 is 0 Å². The Bertz CT molecular complexity index is 1060. The van der Waals surface area contributed by atoms with Crippen LogP contribution in [-0.4, -0.2) is 35.9 Å². The van der Waals surface area contributed by atoms with Gasteiger partial charge in [-0.1, -0.05) is 0 Å². The molecule has 0 aliphatic rings. The summed E-state index contributed by atoms with van der Waals surface area (Å²) >= 11 is 0. The molecule has 8 heteroatoms. The van der Waals surface area contributed by atoms with Gasteiger partial charge >= 0.3 is 0 Å². The van der Waals surface area contributed by atoms with Crippen LogP contribution < -0.4 is 19.5 Å². The molecule has 0 fully saturated rings. The smallest absolute Gasteiger partial charge is 0.203 e. The Morgan fingerprint density at radius 2 is 1.82 bits per heavy atom. The number of ether oxygens (including phenoxy) is 3. The lowest BCUT2D eigenvalue weighted by Gasteiger charge is -2.15. The van der Waals surface area contributed by atoms with Crippen LogP contribution in [0.15, 0.2) is 53.5 Å². The highest BCUT2D eigenvalue weighted by molar-refractivity contribution is 5.79. The Kier molecular flexibility index (Phi) is 4.76. The van der Waals surface area contributed by atoms with Gasteiger partial charge in [0, 0.05) is 23.9 Å². The SMILES string of the molecule is COc1cc(Nc2cc3c(cn2)ncn3Cc2ccco2)cc(OC)c1OC. The Morgan fingerprint density at radius 3 is 2.46 bits per heavy atom. The first-order valence-corrected chi connectivity index (χ1v) is 8.62. The molecule has 3 heterocycles. The van der Waals surface area contributed by atoms with Crippen LogP contribution in [0.25, 0.3) is 11.0 Å². The third kappa shape index (κ3) is 3.32. The van der Waals surface area contributed by atoms with Crippen LogP contribution in [0.3, 0.4) is 0 Å². The second-order valence-corrected chi connectivity index (χ2v) is 6.05. The van der Waals surface area contributed by atoms with Crippen LogP contribution in [-0.2, 0) is 6.54 Å². The van der Waals surface area contributed by atoms with Crippen molar-refractivity contribution in [2.45, 2.75) is 6.54 Å². The van der Waals surface area contributed by atoms with E-state index in [9.17, 15) is 0 Å². The van der Waals surface area contributed by atoms with Crippen LogP contribution in [0.1, 0.15) is 5.76 Å². The molecule has 0 atom stereocenters. The summed E-state index contributed by atoms with van der Waals surface area (Å²) in [5.74, 6) is 3.19. The van der Waals surface area contributed by atoms with E-state index in [1.54, 1.807) is 40.1 Å². The molecule has 0 radical (unpaired) electrons. The van der Waals surface area contributed by atoms with Gasteiger partial charge in [0.15, 0.2) is 11.5 Å². The molecule has 0 amide bonds. The van der Waals surface area contributed by atoms with Crippen molar-refractivity contribution < 1.29 is 18.6 Å². The lowest BCUT2D eigenvalue weighted by Crippen LogP contribution is -2.00. The topological polar surface area (TPSA) is 83.6 Å². The van der Waals surface area contributed by atoms with Crippen molar-refractivity contribution in [1.29, 1.82) is 0 Å². The molecule has 8 nitrogen and oxygen atoms in total. The highest BCUT2D eigenvalue weighted by Gasteiger charge is 2.14. The maximum atomic E-state index is 5.43. The van der Waals surface area contributed by atoms with Crippen LogP contribution in [0.4, 0.5) is 11.5 Å². The van der Waals surface area contributed by atoms with Crippen molar-refractivity contribution in [3.05, 3.63) is 54.9 Å². The van der Waals surface area contributed by atoms with Crippen molar-refractivity contribution in [3.8, 4) is 17.2 Å². The zero-order valence-corrected chi connectivity index (χ0v) is 15.8. The molecule has 0 aliphatic heterocycles. The van der Waals surface area contributed by atoms with Gasteiger partial charge in [0.25, 0.3) is 0 Å². The summed E-state index contributed by atoms with van der Waals surface area (Å²) in [6.07, 6.45) is 5.17. The van der Waals surface area contributed by atoms with Crippen LogP contribution >= 0.6 is 0 Å². The number of anilines is 2. The molecule has 3 aromatic heterocycles. The zero-order valence-electron chi connectivity index (χ0n) is 15.8. The standard InChI is InChI=1S/C20H20N4O4/c1-25-17-7-13(8-18(26-2)20(17)27-3)23-19-9-16-15(10-21-19)22-12-24(16)11-14-5-4-6-28-14/h4-10,12H,11H2,1-3H3,(H,21,23). The number of hydrogen-bond acceptors (Lipinski definition) is 7. The van der Waals surface area contributed by atoms with E-state index in [0.717, 1.165) is 22.5 Å². The van der Waals surface area contributed by atoms with E-state index in [4.69, 9.17) is 18.6 Å². The number of rotatable bonds is 7. The monoisotopic (exact) mass is 380 g/mol. The largest absolute Gasteiger partial charge is 0.493 e. The number of furan rings is 1. The average Bonchev–Trinajstić information content (AvgIpc) is 3.37. The third-order valence-corrected chi connectivity index (χ3v) is 4.35. The number of methoxy groups -OCH3 is 3. The van der Waals surface area contributed by atoms with E-state index in [-0.39, 0.29) is 0 Å². The van der Waals surface area contributed by atoms with Crippen LogP contribution in [0, 0.1) is 0 Å². The third-order valence-electron chi connectivity index (χ3n) is 4.35. The summed E-state index contributed by atoms with van der Waals surface area (Å²) < 4.78 is 23.6. The Hall–Kier alpha value is -3.68. The Labute approximate surface area is 161 Å². The summed E-state index contributed by atoms with van der Waals surface area (Å²) in [4.78, 5) is 8.84. The quantitative estimate of drug-likeness (QED) is 0.521. The number of fused-ring (bicyclic) bond motifs is 1. The number of hydrogen-bond donors (Lipinski definition) is 1. The minimum Gasteiger partial charge on any atom is -0.493 e. The first-order chi connectivity index (χ1) is 13.7. The normalized spacial score (nSPS) is 10.8. The minimum atomic E-state index is 0.537. The van der Waals surface area contributed by atoms with Crippen molar-refractivity contribution in [2.24, 2.45) is 0 Å². The van der Waals surface area contributed by atoms with Crippen molar-refractivity contribution >= 4 is 22.5 Å². The maximum absolute atomic E-state index is 5.43. The molecule has 4 aromatic rings. The van der Waals surface area contributed by atoms with E-state index in [0.29, 0.717) is 29.6 Å². The van der Waals surface area contributed by atoms with Gasteiger partial charge in [0.05, 0.1) is 52.2 Å². The summed E-state index contributed by atoms with van der Waals surface area (Å²) in [6.45, 7) is 0.594. The predicted molar refractivity (Wildman–Crippen MR) is 105 cm³/mol. The lowest BCUT2D eigenvalue weighted by molar-refractivity contribution is 0.324. The van der Waals surface area contributed by atoms with Crippen LogP contribution in [0.2, 0.25) is 0 Å². The number of nitrogens with one attached hydrogen (secondary N) is 1. The first kappa shape index (κ1) is 17.7. The molecule has 28 heavy (non-hydrogen) atoms. The highest BCUT2D eigenvalue weighted by atomic mass is 16.5. The molecule has 0 spiro atoms. The van der Waals surface area contributed by atoms with E-state index < -0.39 is 0 Å². The second-order valence-electron chi connectivity index (χ2n) is 6.05. The molecule has 1 N–H and O–H groups in total. The lowest BCUT2D eigenvalue weighted by atomic mass is 10.2. The van der Waals surface area contributed by atoms with Crippen molar-refractivity contribution in [1.82, 2.24) is 14.5 Å². The van der Waals surface area contributed by atoms with Crippen molar-refractivity contribution in [3.63, 3.8) is 0 Å². The van der Waals surface area contributed by atoms with Gasteiger partial charge < -0.3 is 28.5 Å². The Balaban J connectivity index is 1.66. The average molecular weight is 380 g/mol. The summed E-state index contributed by atoms with van der Waals surface area (Å²) in [7, 11) is 4.74.